The van der Waals surface area contributed by atoms with E-state index in [9.17, 15) is 13.2 Å². The molecule has 0 saturated carbocycles. The highest BCUT2D eigenvalue weighted by atomic mass is 32.2. The minimum atomic E-state index is -3.78. The zero-order valence-electron chi connectivity index (χ0n) is 13.1. The smallest absolute Gasteiger partial charge is 0.338 e. The summed E-state index contributed by atoms with van der Waals surface area (Å²) in [5.74, 6) is -0.0755. The van der Waals surface area contributed by atoms with Crippen molar-refractivity contribution in [2.75, 3.05) is 19.7 Å². The van der Waals surface area contributed by atoms with E-state index < -0.39 is 15.7 Å². The topological polar surface area (TPSA) is 68.6 Å². The summed E-state index contributed by atoms with van der Waals surface area (Å²) in [5, 5.41) is 0. The molecule has 1 aromatic heterocycles. The second-order valence-corrected chi connectivity index (χ2v) is 7.07. The van der Waals surface area contributed by atoms with Crippen LogP contribution in [0.2, 0.25) is 0 Å². The van der Waals surface area contributed by atoms with Crippen molar-refractivity contribution >= 4 is 16.1 Å². The first kappa shape index (κ1) is 17.9. The van der Waals surface area contributed by atoms with E-state index in [1.54, 1.807) is 44.7 Å². The highest BCUT2D eigenvalue weighted by Crippen LogP contribution is 2.20. The Kier molecular flexibility index (Phi) is 6.12. The van der Waals surface area contributed by atoms with Crippen LogP contribution in [0.5, 0.6) is 0 Å². The molecule has 1 rings (SSSR count). The van der Waals surface area contributed by atoms with Gasteiger partial charge in [0.15, 0.2) is 5.78 Å². The number of aromatic nitrogens is 1. The Morgan fingerprint density at radius 2 is 1.71 bits per heavy atom. The summed E-state index contributed by atoms with van der Waals surface area (Å²) >= 11 is 0. The third kappa shape index (κ3) is 4.94. The van der Waals surface area contributed by atoms with Gasteiger partial charge in [-0.1, -0.05) is 27.7 Å². The van der Waals surface area contributed by atoms with E-state index in [0.29, 0.717) is 13.1 Å². The molecule has 0 aromatic carbocycles. The van der Waals surface area contributed by atoms with Gasteiger partial charge in [0.2, 0.25) is 0 Å². The lowest BCUT2D eigenvalue weighted by Gasteiger charge is -2.25. The molecule has 7 heteroatoms. The molecule has 1 heterocycles. The molecule has 0 unspecified atom stereocenters. The van der Waals surface area contributed by atoms with Gasteiger partial charge in [-0.05, 0) is 12.1 Å². The van der Waals surface area contributed by atoms with E-state index in [0.717, 1.165) is 0 Å². The van der Waals surface area contributed by atoms with Gasteiger partial charge in [0.1, 0.15) is 0 Å². The Morgan fingerprint density at radius 1 is 1.19 bits per heavy atom. The average molecular weight is 316 g/mol. The average Bonchev–Trinajstić information content (AvgIpc) is 2.90. The fourth-order valence-corrected chi connectivity index (χ4v) is 3.00. The molecular weight excluding hydrogens is 292 g/mol. The zero-order valence-corrected chi connectivity index (χ0v) is 13.9. The SMILES string of the molecule is CCN(CC)S(=O)(=O)OCC(C)(C)C(=O)Cn1cccc1. The Balaban J connectivity index is 2.65. The number of nitrogens with zero attached hydrogens (tertiary/aromatic N) is 2. The third-order valence-corrected chi connectivity index (χ3v) is 4.90. The van der Waals surface area contributed by atoms with Crippen molar-refractivity contribution in [2.45, 2.75) is 34.2 Å². The molecule has 0 amide bonds. The van der Waals surface area contributed by atoms with E-state index in [-0.39, 0.29) is 18.9 Å². The van der Waals surface area contributed by atoms with Gasteiger partial charge in [-0.2, -0.15) is 12.7 Å². The first-order valence-electron chi connectivity index (χ1n) is 7.01. The Morgan fingerprint density at radius 3 is 2.19 bits per heavy atom. The van der Waals surface area contributed by atoms with Gasteiger partial charge in [-0.3, -0.25) is 8.98 Å². The molecular formula is C14H24N2O4S. The predicted octanol–water partition coefficient (Wildman–Crippen LogP) is 1.69. The molecule has 0 fully saturated rings. The maximum atomic E-state index is 12.2. The number of ketones is 1. The lowest BCUT2D eigenvalue weighted by molar-refractivity contribution is -0.129. The molecule has 0 aliphatic heterocycles. The normalized spacial score (nSPS) is 12.8. The number of carbonyl (C=O) groups excluding carboxylic acids is 1. The lowest BCUT2D eigenvalue weighted by Crippen LogP contribution is -2.38. The summed E-state index contributed by atoms with van der Waals surface area (Å²) in [6.45, 7) is 7.60. The maximum absolute atomic E-state index is 12.2. The minimum Gasteiger partial charge on any atom is -0.347 e. The maximum Gasteiger partial charge on any atom is 0.338 e. The molecule has 0 radical (unpaired) electrons. The zero-order chi connectivity index (χ0) is 16.1. The summed E-state index contributed by atoms with van der Waals surface area (Å²) in [6.07, 6.45) is 3.59. The largest absolute Gasteiger partial charge is 0.347 e. The van der Waals surface area contributed by atoms with E-state index in [1.807, 2.05) is 12.1 Å². The van der Waals surface area contributed by atoms with E-state index in [2.05, 4.69) is 0 Å². The van der Waals surface area contributed by atoms with Gasteiger partial charge < -0.3 is 4.57 Å². The van der Waals surface area contributed by atoms with Crippen molar-refractivity contribution in [3.63, 3.8) is 0 Å². The fourth-order valence-electron chi connectivity index (χ4n) is 1.77. The Bertz CT molecular complexity index is 546. The Labute approximate surface area is 127 Å². The molecule has 0 atom stereocenters. The van der Waals surface area contributed by atoms with Crippen molar-refractivity contribution in [1.29, 1.82) is 0 Å². The second kappa shape index (κ2) is 7.20. The van der Waals surface area contributed by atoms with Crippen LogP contribution in [0.4, 0.5) is 0 Å². The van der Waals surface area contributed by atoms with Gasteiger partial charge in [-0.25, -0.2) is 0 Å². The minimum absolute atomic E-state index is 0.0755. The Hall–Kier alpha value is -1.18. The molecule has 120 valence electrons. The first-order chi connectivity index (χ1) is 9.73. The molecule has 0 N–H and O–H groups in total. The van der Waals surface area contributed by atoms with Gasteiger partial charge in [0.05, 0.1) is 18.6 Å². The molecule has 0 saturated heterocycles. The van der Waals surface area contributed by atoms with E-state index >= 15 is 0 Å². The third-order valence-electron chi connectivity index (χ3n) is 3.34. The van der Waals surface area contributed by atoms with Crippen LogP contribution in [0, 0.1) is 5.41 Å². The van der Waals surface area contributed by atoms with Crippen LogP contribution in [-0.2, 0) is 25.8 Å². The van der Waals surface area contributed by atoms with E-state index in [4.69, 9.17) is 4.18 Å². The number of rotatable bonds is 9. The van der Waals surface area contributed by atoms with Crippen molar-refractivity contribution in [3.05, 3.63) is 24.5 Å². The quantitative estimate of drug-likeness (QED) is 0.695. The summed E-state index contributed by atoms with van der Waals surface area (Å²) in [6, 6.07) is 3.67. The number of hydrogen-bond acceptors (Lipinski definition) is 4. The fraction of sp³-hybridized carbons (Fsp3) is 0.643. The molecule has 1 aromatic rings. The number of carbonyl (C=O) groups is 1. The predicted molar refractivity (Wildman–Crippen MR) is 81.0 cm³/mol. The van der Waals surface area contributed by atoms with Crippen molar-refractivity contribution in [1.82, 2.24) is 8.87 Å². The molecule has 0 bridgehead atoms. The van der Waals surface area contributed by atoms with E-state index in [1.165, 1.54) is 4.31 Å². The molecule has 21 heavy (non-hydrogen) atoms. The highest BCUT2D eigenvalue weighted by Gasteiger charge is 2.31. The van der Waals surface area contributed by atoms with Crippen LogP contribution in [0.3, 0.4) is 0 Å². The van der Waals surface area contributed by atoms with Crippen LogP contribution < -0.4 is 0 Å². The molecule has 0 aliphatic rings. The second-order valence-electron chi connectivity index (χ2n) is 5.47. The summed E-state index contributed by atoms with van der Waals surface area (Å²) in [7, 11) is -3.78. The van der Waals surface area contributed by atoms with Gasteiger partial charge >= 0.3 is 10.3 Å². The molecule has 0 aliphatic carbocycles. The lowest BCUT2D eigenvalue weighted by atomic mass is 9.89. The first-order valence-corrected chi connectivity index (χ1v) is 8.38. The number of Topliss-reactive ketones (excluding diaryl/α,β-unsaturated/α-hetero) is 1. The standard InChI is InChI=1S/C14H24N2O4S/c1-5-16(6-2)21(18,19)20-12-14(3,4)13(17)11-15-9-7-8-10-15/h7-10H,5-6,11-12H2,1-4H3. The summed E-state index contributed by atoms with van der Waals surface area (Å²) in [4.78, 5) is 12.2. The van der Waals surface area contributed by atoms with Crippen molar-refractivity contribution < 1.29 is 17.4 Å². The summed E-state index contributed by atoms with van der Waals surface area (Å²) in [5.41, 5.74) is -0.871. The molecule has 0 spiro atoms. The number of hydrogen-bond donors (Lipinski definition) is 0. The van der Waals surface area contributed by atoms with Gasteiger partial charge in [-0.15, -0.1) is 0 Å². The monoisotopic (exact) mass is 316 g/mol. The molecule has 6 nitrogen and oxygen atoms in total. The van der Waals surface area contributed by atoms with Crippen molar-refractivity contribution in [3.8, 4) is 0 Å². The highest BCUT2D eigenvalue weighted by molar-refractivity contribution is 7.84. The van der Waals surface area contributed by atoms with Crippen LogP contribution >= 0.6 is 0 Å². The van der Waals surface area contributed by atoms with Crippen LogP contribution in [0.1, 0.15) is 27.7 Å². The van der Waals surface area contributed by atoms with Crippen LogP contribution in [-0.4, -0.2) is 42.8 Å². The summed E-state index contributed by atoms with van der Waals surface area (Å²) < 4.78 is 32.0. The van der Waals surface area contributed by atoms with Gasteiger partial charge in [0.25, 0.3) is 0 Å². The van der Waals surface area contributed by atoms with Crippen LogP contribution in [0.25, 0.3) is 0 Å². The van der Waals surface area contributed by atoms with Crippen molar-refractivity contribution in [2.24, 2.45) is 5.41 Å². The van der Waals surface area contributed by atoms with Crippen LogP contribution in [0.15, 0.2) is 24.5 Å². The van der Waals surface area contributed by atoms with Gasteiger partial charge in [0, 0.05) is 25.5 Å².